The zero-order chi connectivity index (χ0) is 24.0. The fraction of sp³-hybridized carbons (Fsp3) is 0.417. The highest BCUT2D eigenvalue weighted by molar-refractivity contribution is 5.98. The first-order valence-electron chi connectivity index (χ1n) is 11.2. The summed E-state index contributed by atoms with van der Waals surface area (Å²) in [6, 6.07) is 8.63. The number of aromatic nitrogens is 5. The van der Waals surface area contributed by atoms with Crippen molar-refractivity contribution in [1.82, 2.24) is 29.9 Å². The fourth-order valence-electron chi connectivity index (χ4n) is 4.78. The molecule has 0 unspecified atom stereocenters. The van der Waals surface area contributed by atoms with E-state index in [0.29, 0.717) is 43.5 Å². The first-order valence-corrected chi connectivity index (χ1v) is 11.2. The molecule has 0 aliphatic carbocycles. The Kier molecular flexibility index (Phi) is 5.27. The van der Waals surface area contributed by atoms with Gasteiger partial charge in [-0.15, -0.1) is 0 Å². The maximum Gasteiger partial charge on any atom is 0.259 e. The lowest BCUT2D eigenvalue weighted by Crippen LogP contribution is -2.35. The number of benzene rings is 1. The Morgan fingerprint density at radius 1 is 1.12 bits per heavy atom. The predicted octanol–water partition coefficient (Wildman–Crippen LogP) is 2.51. The molecule has 0 saturated carbocycles. The third-order valence-electron chi connectivity index (χ3n) is 6.66. The van der Waals surface area contributed by atoms with Gasteiger partial charge in [0.1, 0.15) is 17.1 Å². The van der Waals surface area contributed by atoms with Crippen LogP contribution >= 0.6 is 0 Å². The van der Waals surface area contributed by atoms with Crippen LogP contribution in [0.25, 0.3) is 5.69 Å². The minimum Gasteiger partial charge on any atom is -0.340 e. The van der Waals surface area contributed by atoms with E-state index in [0.717, 1.165) is 5.69 Å². The molecule has 174 valence electrons. The molecule has 34 heavy (non-hydrogen) atoms. The van der Waals surface area contributed by atoms with Gasteiger partial charge in [0, 0.05) is 43.7 Å². The monoisotopic (exact) mass is 460 g/mol. The lowest BCUT2D eigenvalue weighted by molar-refractivity contribution is 0.0777. The van der Waals surface area contributed by atoms with Gasteiger partial charge in [0.25, 0.3) is 5.91 Å². The van der Waals surface area contributed by atoms with Crippen LogP contribution in [-0.4, -0.2) is 61.9 Å². The standard InChI is InChI=1S/C24H25FN8O/c1-15-9-20(24(2,3)14-26)30-23(29-15)32-12-16-10-31(11-17(16)13-32)22(34)21-18(25)5-4-6-19(21)33-27-7-8-28-33/h4-9,16-17H,10-13H2,1-3H3/t16-,17+. The van der Waals surface area contributed by atoms with Crippen molar-refractivity contribution < 1.29 is 9.18 Å². The van der Waals surface area contributed by atoms with E-state index >= 15 is 0 Å². The summed E-state index contributed by atoms with van der Waals surface area (Å²) in [6.45, 7) is 8.06. The Hall–Kier alpha value is -3.87. The molecule has 10 heteroatoms. The second kappa shape index (κ2) is 8.17. The summed E-state index contributed by atoms with van der Waals surface area (Å²) in [5.74, 6) is 0.152. The first kappa shape index (κ1) is 21.9. The predicted molar refractivity (Wildman–Crippen MR) is 122 cm³/mol. The van der Waals surface area contributed by atoms with Crippen LogP contribution in [0.2, 0.25) is 0 Å². The summed E-state index contributed by atoms with van der Waals surface area (Å²) in [5, 5.41) is 17.6. The van der Waals surface area contributed by atoms with Crippen LogP contribution in [0.1, 0.15) is 35.6 Å². The number of rotatable bonds is 4. The second-order valence-electron chi connectivity index (χ2n) is 9.52. The van der Waals surface area contributed by atoms with Crippen molar-refractivity contribution in [2.75, 3.05) is 31.1 Å². The molecule has 2 aliphatic rings. The normalized spacial score (nSPS) is 19.9. The van der Waals surface area contributed by atoms with Crippen LogP contribution in [0.3, 0.4) is 0 Å². The number of likely N-dealkylation sites (tertiary alicyclic amines) is 1. The second-order valence-corrected chi connectivity index (χ2v) is 9.52. The average Bonchev–Trinajstić information content (AvgIpc) is 3.55. The number of anilines is 1. The molecular weight excluding hydrogens is 435 g/mol. The molecule has 0 spiro atoms. The third-order valence-corrected chi connectivity index (χ3v) is 6.66. The molecule has 9 nitrogen and oxygen atoms in total. The van der Waals surface area contributed by atoms with Crippen molar-refractivity contribution in [3.05, 3.63) is 59.4 Å². The fourth-order valence-corrected chi connectivity index (χ4v) is 4.78. The summed E-state index contributed by atoms with van der Waals surface area (Å²) >= 11 is 0. The van der Waals surface area contributed by atoms with E-state index < -0.39 is 11.2 Å². The number of halogens is 1. The number of carbonyl (C=O) groups excluding carboxylic acids is 1. The lowest BCUT2D eigenvalue weighted by atomic mass is 9.91. The van der Waals surface area contributed by atoms with E-state index in [4.69, 9.17) is 0 Å². The molecule has 2 saturated heterocycles. The molecule has 0 N–H and O–H groups in total. The Bertz CT molecular complexity index is 1270. The number of hydrogen-bond donors (Lipinski definition) is 0. The Balaban J connectivity index is 1.34. The number of amides is 1. The van der Waals surface area contributed by atoms with Gasteiger partial charge in [0.15, 0.2) is 0 Å². The van der Waals surface area contributed by atoms with E-state index in [2.05, 4.69) is 31.1 Å². The van der Waals surface area contributed by atoms with Crippen molar-refractivity contribution in [1.29, 1.82) is 5.26 Å². The number of nitriles is 1. The van der Waals surface area contributed by atoms with Crippen molar-refractivity contribution in [3.63, 3.8) is 0 Å². The Morgan fingerprint density at radius 2 is 1.79 bits per heavy atom. The topological polar surface area (TPSA) is 104 Å². The first-order chi connectivity index (χ1) is 16.3. The van der Waals surface area contributed by atoms with E-state index in [-0.39, 0.29) is 23.3 Å². The van der Waals surface area contributed by atoms with Crippen LogP contribution in [0.15, 0.2) is 36.7 Å². The van der Waals surface area contributed by atoms with E-state index in [1.165, 1.54) is 23.3 Å². The molecule has 2 aliphatic heterocycles. The summed E-state index contributed by atoms with van der Waals surface area (Å²) in [4.78, 5) is 27.8. The van der Waals surface area contributed by atoms with E-state index in [9.17, 15) is 14.4 Å². The quantitative estimate of drug-likeness (QED) is 0.589. The molecule has 5 rings (SSSR count). The summed E-state index contributed by atoms with van der Waals surface area (Å²) in [7, 11) is 0. The van der Waals surface area contributed by atoms with E-state index in [1.54, 1.807) is 17.0 Å². The number of fused-ring (bicyclic) bond motifs is 1. The van der Waals surface area contributed by atoms with Crippen LogP contribution < -0.4 is 4.90 Å². The average molecular weight is 461 g/mol. The van der Waals surface area contributed by atoms with Crippen LogP contribution in [0.5, 0.6) is 0 Å². The van der Waals surface area contributed by atoms with Gasteiger partial charge in [-0.2, -0.15) is 20.3 Å². The molecule has 1 aromatic carbocycles. The molecule has 0 bridgehead atoms. The van der Waals surface area contributed by atoms with Gasteiger partial charge in [-0.1, -0.05) is 6.07 Å². The molecule has 2 atom stereocenters. The smallest absolute Gasteiger partial charge is 0.259 e. The highest BCUT2D eigenvalue weighted by Gasteiger charge is 2.43. The Labute approximate surface area is 196 Å². The largest absolute Gasteiger partial charge is 0.340 e. The highest BCUT2D eigenvalue weighted by atomic mass is 19.1. The van der Waals surface area contributed by atoms with Crippen LogP contribution in [0, 0.1) is 35.9 Å². The van der Waals surface area contributed by atoms with Crippen LogP contribution in [0.4, 0.5) is 10.3 Å². The molecule has 4 heterocycles. The van der Waals surface area contributed by atoms with Crippen molar-refractivity contribution in [2.45, 2.75) is 26.2 Å². The van der Waals surface area contributed by atoms with Crippen molar-refractivity contribution in [2.24, 2.45) is 11.8 Å². The number of nitrogens with zero attached hydrogens (tertiary/aromatic N) is 8. The minimum atomic E-state index is -0.706. The lowest BCUT2D eigenvalue weighted by Gasteiger charge is -2.24. The highest BCUT2D eigenvalue weighted by Crippen LogP contribution is 2.35. The Morgan fingerprint density at radius 3 is 2.44 bits per heavy atom. The van der Waals surface area contributed by atoms with Gasteiger partial charge >= 0.3 is 0 Å². The van der Waals surface area contributed by atoms with E-state index in [1.807, 2.05) is 26.8 Å². The van der Waals surface area contributed by atoms with Gasteiger partial charge in [-0.05, 0) is 39.0 Å². The van der Waals surface area contributed by atoms with Gasteiger partial charge in [-0.25, -0.2) is 14.4 Å². The maximum atomic E-state index is 14.8. The maximum absolute atomic E-state index is 14.8. The van der Waals surface area contributed by atoms with Crippen molar-refractivity contribution >= 4 is 11.9 Å². The molecule has 1 amide bonds. The van der Waals surface area contributed by atoms with Gasteiger partial charge in [0.05, 0.1) is 29.6 Å². The van der Waals surface area contributed by atoms with Gasteiger partial charge in [-0.3, -0.25) is 4.79 Å². The number of carbonyl (C=O) groups is 1. The summed E-state index contributed by atoms with van der Waals surface area (Å²) in [5.41, 5.74) is 1.12. The molecule has 2 fully saturated rings. The molecular formula is C24H25FN8O. The number of aryl methyl sites for hydroxylation is 1. The third kappa shape index (κ3) is 3.77. The number of hydrogen-bond acceptors (Lipinski definition) is 7. The summed E-state index contributed by atoms with van der Waals surface area (Å²) < 4.78 is 14.8. The van der Waals surface area contributed by atoms with Gasteiger partial charge in [0.2, 0.25) is 5.95 Å². The van der Waals surface area contributed by atoms with Gasteiger partial charge < -0.3 is 9.80 Å². The molecule has 0 radical (unpaired) electrons. The molecule has 3 aromatic rings. The van der Waals surface area contributed by atoms with Crippen LogP contribution in [-0.2, 0) is 5.41 Å². The zero-order valence-corrected chi connectivity index (χ0v) is 19.3. The van der Waals surface area contributed by atoms with Crippen molar-refractivity contribution in [3.8, 4) is 11.8 Å². The zero-order valence-electron chi connectivity index (χ0n) is 19.3. The summed E-state index contributed by atoms with van der Waals surface area (Å²) in [6.07, 6.45) is 2.98. The molecule has 2 aromatic heterocycles. The minimum absolute atomic E-state index is 0.0130. The SMILES string of the molecule is Cc1cc(C(C)(C)C#N)nc(N2C[C@H]3CN(C(=O)c4c(F)cccc4-n4nccn4)C[C@H]3C2)n1.